The number of hydrogen-bond donors (Lipinski definition) is 2. The molecule has 0 spiro atoms. The van der Waals surface area contributed by atoms with Crippen molar-refractivity contribution in [3.8, 4) is 0 Å². The molecule has 0 saturated carbocycles. The van der Waals surface area contributed by atoms with Crippen molar-refractivity contribution in [3.63, 3.8) is 0 Å². The van der Waals surface area contributed by atoms with Gasteiger partial charge in [0.2, 0.25) is 5.91 Å². The molecule has 7 nitrogen and oxygen atoms in total. The number of hydrogen-bond acceptors (Lipinski definition) is 6. The Labute approximate surface area is 200 Å². The Kier molecular flexibility index (Phi) is 6.99. The van der Waals surface area contributed by atoms with Crippen LogP contribution >= 0.6 is 23.1 Å². The molecule has 0 fully saturated rings. The maximum Gasteiger partial charge on any atom is 0.259 e. The van der Waals surface area contributed by atoms with E-state index in [-0.39, 0.29) is 16.7 Å². The van der Waals surface area contributed by atoms with Crippen LogP contribution in [0, 0.1) is 13.8 Å². The fourth-order valence-electron chi connectivity index (χ4n) is 3.49. The van der Waals surface area contributed by atoms with Gasteiger partial charge in [-0.15, -0.1) is 23.1 Å². The average molecular weight is 482 g/mol. The molecule has 1 amide bonds. The Morgan fingerprint density at radius 1 is 1.21 bits per heavy atom. The van der Waals surface area contributed by atoms with Crippen LogP contribution in [0.2, 0.25) is 0 Å². The number of anilines is 1. The van der Waals surface area contributed by atoms with Crippen LogP contribution in [0.4, 0.5) is 5.82 Å². The number of aromatic nitrogens is 4. The van der Waals surface area contributed by atoms with Crippen LogP contribution in [0.3, 0.4) is 0 Å². The molecule has 2 N–H and O–H groups in total. The Morgan fingerprint density at radius 3 is 2.67 bits per heavy atom. The van der Waals surface area contributed by atoms with Crippen LogP contribution in [-0.2, 0) is 23.5 Å². The molecule has 0 bridgehead atoms. The van der Waals surface area contributed by atoms with Gasteiger partial charge in [-0.3, -0.25) is 9.59 Å². The quantitative estimate of drug-likeness (QED) is 0.382. The summed E-state index contributed by atoms with van der Waals surface area (Å²) in [5.41, 5.74) is 3.27. The Balaban J connectivity index is 1.38. The van der Waals surface area contributed by atoms with Gasteiger partial charge in [0, 0.05) is 10.9 Å². The molecule has 33 heavy (non-hydrogen) atoms. The second-order valence-electron chi connectivity index (χ2n) is 7.96. The van der Waals surface area contributed by atoms with Gasteiger partial charge in [-0.05, 0) is 43.9 Å². The smallest absolute Gasteiger partial charge is 0.259 e. The van der Waals surface area contributed by atoms with Crippen molar-refractivity contribution >= 4 is 45.0 Å². The van der Waals surface area contributed by atoms with Gasteiger partial charge in [-0.1, -0.05) is 31.2 Å². The van der Waals surface area contributed by atoms with Gasteiger partial charge in [-0.2, -0.15) is 5.10 Å². The maximum absolute atomic E-state index is 12.8. The molecule has 1 aromatic carbocycles. The van der Waals surface area contributed by atoms with Crippen molar-refractivity contribution < 1.29 is 4.79 Å². The molecule has 0 aliphatic heterocycles. The lowest BCUT2D eigenvalue weighted by atomic mass is 10.1. The van der Waals surface area contributed by atoms with Crippen molar-refractivity contribution in [2.75, 3.05) is 5.32 Å². The van der Waals surface area contributed by atoms with Gasteiger partial charge < -0.3 is 10.3 Å². The molecule has 0 radical (unpaired) electrons. The van der Waals surface area contributed by atoms with Crippen molar-refractivity contribution in [1.82, 2.24) is 19.7 Å². The first-order valence-corrected chi connectivity index (χ1v) is 12.7. The predicted molar refractivity (Wildman–Crippen MR) is 136 cm³/mol. The van der Waals surface area contributed by atoms with E-state index < -0.39 is 0 Å². The molecular formula is C24H27N5O2S2. The first-order chi connectivity index (χ1) is 15.9. The molecule has 4 aromatic rings. The minimum atomic E-state index is -0.329. The van der Waals surface area contributed by atoms with Crippen LogP contribution in [0.25, 0.3) is 10.2 Å². The summed E-state index contributed by atoms with van der Waals surface area (Å²) in [7, 11) is 0. The molecular weight excluding hydrogens is 454 g/mol. The molecule has 4 rings (SSSR count). The first kappa shape index (κ1) is 23.3. The van der Waals surface area contributed by atoms with E-state index in [9.17, 15) is 9.59 Å². The summed E-state index contributed by atoms with van der Waals surface area (Å²) in [4.78, 5) is 34.5. The van der Waals surface area contributed by atoms with Crippen LogP contribution in [-0.4, -0.2) is 30.9 Å². The number of carbonyl (C=O) groups is 1. The van der Waals surface area contributed by atoms with E-state index in [0.29, 0.717) is 29.3 Å². The number of fused-ring (bicyclic) bond motifs is 1. The summed E-state index contributed by atoms with van der Waals surface area (Å²) in [5.74, 6) is 1.57. The number of nitrogens with zero attached hydrogens (tertiary/aromatic N) is 3. The number of nitrogens with one attached hydrogen (secondary N) is 2. The molecule has 1 unspecified atom stereocenters. The van der Waals surface area contributed by atoms with E-state index in [1.807, 2.05) is 20.8 Å². The zero-order valence-electron chi connectivity index (χ0n) is 19.1. The summed E-state index contributed by atoms with van der Waals surface area (Å²) in [6, 6.07) is 10.2. The standard InChI is InChI=1S/C24H27N5O2S2/c1-5-17-6-8-18(9-7-17)12-29-20(10-11-25-29)28-22(30)16(4)32-13-19-26-23(31)21-14(2)15(3)33-24(21)27-19/h6-11,16H,5,12-13H2,1-4H3,(H,28,30)(H,26,27,31). The molecule has 0 aliphatic rings. The lowest BCUT2D eigenvalue weighted by Gasteiger charge is -2.13. The largest absolute Gasteiger partial charge is 0.310 e. The van der Waals surface area contributed by atoms with E-state index >= 15 is 0 Å². The number of aryl methyl sites for hydroxylation is 3. The third-order valence-corrected chi connectivity index (χ3v) is 7.91. The van der Waals surface area contributed by atoms with Gasteiger partial charge in [0.05, 0.1) is 29.1 Å². The molecule has 9 heteroatoms. The number of thioether (sulfide) groups is 1. The van der Waals surface area contributed by atoms with Crippen molar-refractivity contribution in [1.29, 1.82) is 0 Å². The normalized spacial score (nSPS) is 12.2. The lowest BCUT2D eigenvalue weighted by molar-refractivity contribution is -0.115. The fraction of sp³-hybridized carbons (Fsp3) is 0.333. The highest BCUT2D eigenvalue weighted by molar-refractivity contribution is 7.99. The summed E-state index contributed by atoms with van der Waals surface area (Å²) >= 11 is 2.96. The third-order valence-electron chi connectivity index (χ3n) is 5.66. The number of thiophene rings is 1. The molecule has 3 aromatic heterocycles. The van der Waals surface area contributed by atoms with E-state index in [2.05, 4.69) is 51.6 Å². The Morgan fingerprint density at radius 2 is 1.94 bits per heavy atom. The number of aromatic amines is 1. The van der Waals surface area contributed by atoms with Crippen LogP contribution < -0.4 is 10.9 Å². The van der Waals surface area contributed by atoms with E-state index in [1.165, 1.54) is 28.7 Å². The zero-order valence-corrected chi connectivity index (χ0v) is 20.8. The fourth-order valence-corrected chi connectivity index (χ4v) is 5.30. The van der Waals surface area contributed by atoms with E-state index in [0.717, 1.165) is 27.3 Å². The number of H-pyrrole nitrogens is 1. The minimum absolute atomic E-state index is 0.116. The monoisotopic (exact) mass is 481 g/mol. The minimum Gasteiger partial charge on any atom is -0.310 e. The van der Waals surface area contributed by atoms with Crippen molar-refractivity contribution in [3.05, 3.63) is 74.3 Å². The van der Waals surface area contributed by atoms with Crippen LogP contribution in [0.5, 0.6) is 0 Å². The van der Waals surface area contributed by atoms with Crippen LogP contribution in [0.1, 0.15) is 41.2 Å². The lowest BCUT2D eigenvalue weighted by Crippen LogP contribution is -2.24. The van der Waals surface area contributed by atoms with Gasteiger partial charge >= 0.3 is 0 Å². The summed E-state index contributed by atoms with van der Waals surface area (Å²) < 4.78 is 1.78. The van der Waals surface area contributed by atoms with E-state index in [1.54, 1.807) is 16.9 Å². The van der Waals surface area contributed by atoms with E-state index in [4.69, 9.17) is 0 Å². The topological polar surface area (TPSA) is 92.7 Å². The Bertz CT molecular complexity index is 1340. The SMILES string of the molecule is CCc1ccc(Cn2nccc2NC(=O)C(C)SCc2nc3sc(C)c(C)c3c(=O)[nH]2)cc1. The highest BCUT2D eigenvalue weighted by Crippen LogP contribution is 2.26. The number of rotatable bonds is 8. The average Bonchev–Trinajstić information content (AvgIpc) is 3.35. The van der Waals surface area contributed by atoms with Gasteiger partial charge in [0.15, 0.2) is 0 Å². The Hall–Kier alpha value is -2.91. The van der Waals surface area contributed by atoms with Gasteiger partial charge in [0.25, 0.3) is 5.56 Å². The number of benzene rings is 1. The zero-order chi connectivity index (χ0) is 23.5. The van der Waals surface area contributed by atoms with Crippen LogP contribution in [0.15, 0.2) is 41.3 Å². The maximum atomic E-state index is 12.8. The number of amides is 1. The first-order valence-electron chi connectivity index (χ1n) is 10.9. The second kappa shape index (κ2) is 9.93. The molecule has 0 saturated heterocycles. The molecule has 0 aliphatic carbocycles. The summed E-state index contributed by atoms with van der Waals surface area (Å²) in [5, 5.41) is 7.66. The summed E-state index contributed by atoms with van der Waals surface area (Å²) in [6.07, 6.45) is 2.69. The van der Waals surface area contributed by atoms with Crippen molar-refractivity contribution in [2.45, 2.75) is 51.7 Å². The third kappa shape index (κ3) is 5.20. The highest BCUT2D eigenvalue weighted by atomic mass is 32.2. The van der Waals surface area contributed by atoms with Gasteiger partial charge in [0.1, 0.15) is 16.5 Å². The predicted octanol–water partition coefficient (Wildman–Crippen LogP) is 4.67. The van der Waals surface area contributed by atoms with Gasteiger partial charge in [-0.25, -0.2) is 9.67 Å². The number of carbonyl (C=O) groups excluding carboxylic acids is 1. The molecule has 3 heterocycles. The van der Waals surface area contributed by atoms with Crippen molar-refractivity contribution in [2.24, 2.45) is 0 Å². The second-order valence-corrected chi connectivity index (χ2v) is 10.5. The highest BCUT2D eigenvalue weighted by Gasteiger charge is 2.18. The molecule has 172 valence electrons. The molecule has 1 atom stereocenters. The summed E-state index contributed by atoms with van der Waals surface area (Å²) in [6.45, 7) is 8.49.